The lowest BCUT2D eigenvalue weighted by Gasteiger charge is -2.41. The number of nitrogens with one attached hydrogen (secondary N) is 2. The third-order valence-corrected chi connectivity index (χ3v) is 7.15. The van der Waals surface area contributed by atoms with Gasteiger partial charge in [-0.3, -0.25) is 4.79 Å². The van der Waals surface area contributed by atoms with Gasteiger partial charge in [-0.15, -0.1) is 0 Å². The molecule has 1 aromatic carbocycles. The van der Waals surface area contributed by atoms with E-state index in [0.717, 1.165) is 12.5 Å². The normalized spacial score (nSPS) is 22.1. The maximum absolute atomic E-state index is 13.6. The monoisotopic (exact) mass is 489 g/mol. The second kappa shape index (κ2) is 11.2. The van der Waals surface area contributed by atoms with Crippen LogP contribution in [-0.4, -0.2) is 67.8 Å². The summed E-state index contributed by atoms with van der Waals surface area (Å²) in [7, 11) is -3.34. The highest BCUT2D eigenvalue weighted by atomic mass is 32.2. The van der Waals surface area contributed by atoms with Crippen LogP contribution in [0, 0.1) is 23.0 Å². The molecular weight excluding hydrogens is 452 g/mol. The number of hydrogen-bond acceptors (Lipinski definition) is 5. The van der Waals surface area contributed by atoms with E-state index in [-0.39, 0.29) is 36.2 Å². The summed E-state index contributed by atoms with van der Waals surface area (Å²) in [4.78, 5) is 11.7. The molecule has 1 fully saturated rings. The van der Waals surface area contributed by atoms with Gasteiger partial charge in [0.25, 0.3) is 0 Å². The molecule has 0 saturated carbocycles. The number of aliphatic hydroxyl groups excluding tert-OH is 1. The van der Waals surface area contributed by atoms with E-state index in [1.807, 2.05) is 0 Å². The Hall–Kier alpha value is -1.62. The van der Waals surface area contributed by atoms with Crippen LogP contribution in [0.15, 0.2) is 18.2 Å². The van der Waals surface area contributed by atoms with Crippen molar-refractivity contribution < 1.29 is 27.1 Å². The lowest BCUT2D eigenvalue weighted by atomic mass is 9.78. The SMILES string of the molecule is CC(=O)NC(Cc1cc(F)cc(F)c1)C(O)CNC1CN(S(C)(=O)=O)CCC1CC(C)(C)C. The lowest BCUT2D eigenvalue weighted by molar-refractivity contribution is -0.120. The molecule has 188 valence electrons. The van der Waals surface area contributed by atoms with E-state index in [1.165, 1.54) is 29.6 Å². The zero-order valence-electron chi connectivity index (χ0n) is 20.1. The fourth-order valence-electron chi connectivity index (χ4n) is 4.48. The number of halogens is 2. The minimum absolute atomic E-state index is 0.0443. The maximum Gasteiger partial charge on any atom is 0.217 e. The first-order valence-corrected chi connectivity index (χ1v) is 13.1. The number of aliphatic hydroxyl groups is 1. The summed E-state index contributed by atoms with van der Waals surface area (Å²) < 4.78 is 52.8. The predicted molar refractivity (Wildman–Crippen MR) is 124 cm³/mol. The first kappa shape index (κ1) is 27.6. The number of sulfonamides is 1. The van der Waals surface area contributed by atoms with Gasteiger partial charge in [0.2, 0.25) is 15.9 Å². The van der Waals surface area contributed by atoms with Crippen LogP contribution < -0.4 is 10.6 Å². The number of hydrogen-bond donors (Lipinski definition) is 3. The highest BCUT2D eigenvalue weighted by Gasteiger charge is 2.35. The van der Waals surface area contributed by atoms with E-state index < -0.39 is 33.8 Å². The van der Waals surface area contributed by atoms with Gasteiger partial charge in [-0.2, -0.15) is 0 Å². The van der Waals surface area contributed by atoms with Gasteiger partial charge in [0.1, 0.15) is 11.6 Å². The number of rotatable bonds is 9. The summed E-state index contributed by atoms with van der Waals surface area (Å²) in [5, 5.41) is 16.8. The molecule has 0 bridgehead atoms. The molecule has 10 heteroatoms. The number of nitrogens with zero attached hydrogens (tertiary/aromatic N) is 1. The van der Waals surface area contributed by atoms with Crippen LogP contribution in [0.25, 0.3) is 0 Å². The molecule has 1 amide bonds. The Morgan fingerprint density at radius 3 is 2.36 bits per heavy atom. The average Bonchev–Trinajstić information content (AvgIpc) is 2.63. The Morgan fingerprint density at radius 1 is 1.24 bits per heavy atom. The molecule has 7 nitrogen and oxygen atoms in total. The van der Waals surface area contributed by atoms with Crippen molar-refractivity contribution in [2.75, 3.05) is 25.9 Å². The van der Waals surface area contributed by atoms with E-state index in [0.29, 0.717) is 25.1 Å². The van der Waals surface area contributed by atoms with Crippen LogP contribution in [0.3, 0.4) is 0 Å². The molecule has 1 aromatic rings. The molecule has 1 saturated heterocycles. The predicted octanol–water partition coefficient (Wildman–Crippen LogP) is 2.05. The van der Waals surface area contributed by atoms with Crippen molar-refractivity contribution in [1.82, 2.24) is 14.9 Å². The second-order valence-corrected chi connectivity index (χ2v) is 12.3. The van der Waals surface area contributed by atoms with Crippen molar-refractivity contribution in [2.24, 2.45) is 11.3 Å². The van der Waals surface area contributed by atoms with Crippen LogP contribution in [0.1, 0.15) is 46.1 Å². The molecule has 3 N–H and O–H groups in total. The maximum atomic E-state index is 13.6. The third kappa shape index (κ3) is 9.27. The zero-order chi connectivity index (χ0) is 25.0. The van der Waals surface area contributed by atoms with E-state index in [4.69, 9.17) is 0 Å². The number of piperidine rings is 1. The van der Waals surface area contributed by atoms with Crippen molar-refractivity contribution >= 4 is 15.9 Å². The first-order valence-electron chi connectivity index (χ1n) is 11.2. The summed E-state index contributed by atoms with van der Waals surface area (Å²) in [6.07, 6.45) is 1.77. The van der Waals surface area contributed by atoms with Crippen LogP contribution in [-0.2, 0) is 21.2 Å². The lowest BCUT2D eigenvalue weighted by Crippen LogP contribution is -2.56. The Bertz CT molecular complexity index is 901. The van der Waals surface area contributed by atoms with Gasteiger partial charge in [0.05, 0.1) is 18.4 Å². The molecular formula is C23H37F2N3O4S. The summed E-state index contributed by atoms with van der Waals surface area (Å²) in [5.74, 6) is -1.62. The summed E-state index contributed by atoms with van der Waals surface area (Å²) in [5.41, 5.74) is 0.369. The number of carbonyl (C=O) groups is 1. The van der Waals surface area contributed by atoms with E-state index in [1.54, 1.807) is 0 Å². The van der Waals surface area contributed by atoms with Gasteiger partial charge in [-0.05, 0) is 48.3 Å². The number of benzene rings is 1. The largest absolute Gasteiger partial charge is 0.390 e. The first-order chi connectivity index (χ1) is 15.1. The topological polar surface area (TPSA) is 98.7 Å². The molecule has 1 aliphatic rings. The van der Waals surface area contributed by atoms with Gasteiger partial charge < -0.3 is 15.7 Å². The van der Waals surface area contributed by atoms with Crippen LogP contribution in [0.5, 0.6) is 0 Å². The van der Waals surface area contributed by atoms with Gasteiger partial charge in [-0.25, -0.2) is 21.5 Å². The summed E-state index contributed by atoms with van der Waals surface area (Å²) in [6, 6.07) is 2.16. The highest BCUT2D eigenvalue weighted by molar-refractivity contribution is 7.88. The quantitative estimate of drug-likeness (QED) is 0.493. The molecule has 0 radical (unpaired) electrons. The number of amides is 1. The van der Waals surface area contributed by atoms with Crippen molar-refractivity contribution in [3.05, 3.63) is 35.4 Å². The molecule has 1 heterocycles. The summed E-state index contributed by atoms with van der Waals surface area (Å²) in [6.45, 7) is 8.55. The number of carbonyl (C=O) groups excluding carboxylic acids is 1. The standard InChI is InChI=1S/C23H37F2N3O4S/c1-15(29)27-20(10-16-8-18(24)11-19(25)9-16)22(30)13-26-21-14-28(33(5,31)32)7-6-17(21)12-23(2,3)4/h8-9,11,17,20-22,26,30H,6-7,10,12-14H2,1-5H3,(H,27,29). The van der Waals surface area contributed by atoms with Crippen LogP contribution >= 0.6 is 0 Å². The smallest absolute Gasteiger partial charge is 0.217 e. The molecule has 2 rings (SSSR count). The van der Waals surface area contributed by atoms with Crippen molar-refractivity contribution in [3.63, 3.8) is 0 Å². The van der Waals surface area contributed by atoms with Gasteiger partial charge in [0.15, 0.2) is 0 Å². The zero-order valence-corrected chi connectivity index (χ0v) is 20.9. The van der Waals surface area contributed by atoms with E-state index in [2.05, 4.69) is 31.4 Å². The highest BCUT2D eigenvalue weighted by Crippen LogP contribution is 2.32. The van der Waals surface area contributed by atoms with Gasteiger partial charge >= 0.3 is 0 Å². The Balaban J connectivity index is 2.13. The van der Waals surface area contributed by atoms with E-state index in [9.17, 15) is 27.1 Å². The van der Waals surface area contributed by atoms with E-state index >= 15 is 0 Å². The Morgan fingerprint density at radius 2 is 1.85 bits per heavy atom. The molecule has 0 aliphatic carbocycles. The van der Waals surface area contributed by atoms with Crippen molar-refractivity contribution in [3.8, 4) is 0 Å². The minimum atomic E-state index is -3.34. The minimum Gasteiger partial charge on any atom is -0.390 e. The molecule has 0 spiro atoms. The van der Waals surface area contributed by atoms with Gasteiger partial charge in [0, 0.05) is 38.7 Å². The molecule has 33 heavy (non-hydrogen) atoms. The molecule has 4 atom stereocenters. The van der Waals surface area contributed by atoms with Crippen LogP contribution in [0.2, 0.25) is 0 Å². The van der Waals surface area contributed by atoms with Gasteiger partial charge in [-0.1, -0.05) is 20.8 Å². The molecule has 1 aliphatic heterocycles. The fourth-order valence-corrected chi connectivity index (χ4v) is 5.34. The molecule has 4 unspecified atom stereocenters. The summed E-state index contributed by atoms with van der Waals surface area (Å²) >= 11 is 0. The van der Waals surface area contributed by atoms with Crippen molar-refractivity contribution in [2.45, 2.75) is 65.1 Å². The third-order valence-electron chi connectivity index (χ3n) is 5.88. The second-order valence-electron chi connectivity index (χ2n) is 10.3. The Labute approximate surface area is 196 Å². The average molecular weight is 490 g/mol. The van der Waals surface area contributed by atoms with Crippen molar-refractivity contribution in [1.29, 1.82) is 0 Å². The Kier molecular flexibility index (Phi) is 9.38. The molecule has 0 aromatic heterocycles. The fraction of sp³-hybridized carbons (Fsp3) is 0.696. The van der Waals surface area contributed by atoms with Crippen LogP contribution in [0.4, 0.5) is 8.78 Å².